The highest BCUT2D eigenvalue weighted by molar-refractivity contribution is 5.98. The maximum absolute atomic E-state index is 12.6. The van der Waals surface area contributed by atoms with Gasteiger partial charge in [-0.2, -0.15) is 0 Å². The molecule has 0 saturated heterocycles. The van der Waals surface area contributed by atoms with Crippen LogP contribution < -0.4 is 19.9 Å². The van der Waals surface area contributed by atoms with E-state index in [1.54, 1.807) is 24.1 Å². The van der Waals surface area contributed by atoms with Gasteiger partial charge in [-0.25, -0.2) is 0 Å². The van der Waals surface area contributed by atoms with Gasteiger partial charge in [0.15, 0.2) is 11.5 Å². The number of methoxy groups -OCH3 is 3. The molecule has 118 valence electrons. The molecule has 0 radical (unpaired) electrons. The summed E-state index contributed by atoms with van der Waals surface area (Å²) in [5, 5.41) is 0. The molecule has 0 aliphatic carbocycles. The Morgan fingerprint density at radius 2 is 1.81 bits per heavy atom. The topological polar surface area (TPSA) is 74.0 Å². The molecule has 6 nitrogen and oxygen atoms in total. The fourth-order valence-electron chi connectivity index (χ4n) is 2.13. The monoisotopic (exact) mass is 296 g/mol. The van der Waals surface area contributed by atoms with Crippen LogP contribution in [-0.4, -0.2) is 51.8 Å². The molecule has 0 spiro atoms. The number of amides is 1. The molecule has 0 heterocycles. The van der Waals surface area contributed by atoms with Crippen molar-refractivity contribution in [3.63, 3.8) is 0 Å². The zero-order valence-corrected chi connectivity index (χ0v) is 13.1. The van der Waals surface area contributed by atoms with Gasteiger partial charge in [0.05, 0.1) is 26.9 Å². The van der Waals surface area contributed by atoms with E-state index in [-0.39, 0.29) is 5.91 Å². The standard InChI is InChI=1S/C15H24N2O4/c1-5-17(10-6-9-16)15(18)11-7-8-12(19-2)14(21-4)13(11)20-3/h7-8H,5-6,9-10,16H2,1-4H3. The number of benzene rings is 1. The second kappa shape index (κ2) is 8.36. The van der Waals surface area contributed by atoms with Gasteiger partial charge in [0.25, 0.3) is 5.91 Å². The highest BCUT2D eigenvalue weighted by Crippen LogP contribution is 2.40. The van der Waals surface area contributed by atoms with Crippen molar-refractivity contribution in [2.75, 3.05) is 41.0 Å². The van der Waals surface area contributed by atoms with Crippen molar-refractivity contribution in [2.45, 2.75) is 13.3 Å². The summed E-state index contributed by atoms with van der Waals surface area (Å²) in [5.41, 5.74) is 5.96. The molecule has 1 aromatic carbocycles. The maximum atomic E-state index is 12.6. The summed E-state index contributed by atoms with van der Waals surface area (Å²) in [5.74, 6) is 1.22. The van der Waals surface area contributed by atoms with Crippen LogP contribution in [0.1, 0.15) is 23.7 Å². The summed E-state index contributed by atoms with van der Waals surface area (Å²) in [7, 11) is 4.56. The van der Waals surface area contributed by atoms with Gasteiger partial charge < -0.3 is 24.8 Å². The van der Waals surface area contributed by atoms with Crippen LogP contribution in [0.4, 0.5) is 0 Å². The van der Waals surface area contributed by atoms with Crippen LogP contribution in [0, 0.1) is 0 Å². The molecule has 21 heavy (non-hydrogen) atoms. The van der Waals surface area contributed by atoms with Crippen LogP contribution >= 0.6 is 0 Å². The molecular formula is C15H24N2O4. The Labute approximate surface area is 125 Å². The lowest BCUT2D eigenvalue weighted by atomic mass is 10.1. The Bertz CT molecular complexity index is 477. The second-order valence-corrected chi connectivity index (χ2v) is 4.41. The number of carbonyl (C=O) groups is 1. The molecular weight excluding hydrogens is 272 g/mol. The normalized spacial score (nSPS) is 10.1. The van der Waals surface area contributed by atoms with Crippen LogP contribution in [0.5, 0.6) is 17.2 Å². The van der Waals surface area contributed by atoms with E-state index in [2.05, 4.69) is 0 Å². The van der Waals surface area contributed by atoms with Crippen molar-refractivity contribution in [2.24, 2.45) is 5.73 Å². The zero-order valence-electron chi connectivity index (χ0n) is 13.1. The fourth-order valence-corrected chi connectivity index (χ4v) is 2.13. The molecule has 1 rings (SSSR count). The first kappa shape index (κ1) is 17.1. The van der Waals surface area contributed by atoms with Crippen molar-refractivity contribution in [3.05, 3.63) is 17.7 Å². The molecule has 0 aromatic heterocycles. The van der Waals surface area contributed by atoms with E-state index in [0.29, 0.717) is 42.4 Å². The number of nitrogens with two attached hydrogens (primary N) is 1. The van der Waals surface area contributed by atoms with Gasteiger partial charge >= 0.3 is 0 Å². The molecule has 0 unspecified atom stereocenters. The summed E-state index contributed by atoms with van der Waals surface area (Å²) < 4.78 is 15.9. The van der Waals surface area contributed by atoms with E-state index in [0.717, 1.165) is 6.42 Å². The lowest BCUT2D eigenvalue weighted by molar-refractivity contribution is 0.0759. The van der Waals surface area contributed by atoms with Gasteiger partial charge in [-0.3, -0.25) is 4.79 Å². The quantitative estimate of drug-likeness (QED) is 0.787. The Morgan fingerprint density at radius 3 is 2.29 bits per heavy atom. The van der Waals surface area contributed by atoms with Crippen LogP contribution in [0.2, 0.25) is 0 Å². The van der Waals surface area contributed by atoms with Crippen LogP contribution in [0.15, 0.2) is 12.1 Å². The number of nitrogens with zero attached hydrogens (tertiary/aromatic N) is 1. The van der Waals surface area contributed by atoms with Crippen molar-refractivity contribution in [1.29, 1.82) is 0 Å². The van der Waals surface area contributed by atoms with E-state index >= 15 is 0 Å². The van der Waals surface area contributed by atoms with E-state index in [1.807, 2.05) is 6.92 Å². The Morgan fingerprint density at radius 1 is 1.14 bits per heavy atom. The third-order valence-corrected chi connectivity index (χ3v) is 3.24. The lowest BCUT2D eigenvalue weighted by Crippen LogP contribution is -2.33. The van der Waals surface area contributed by atoms with Crippen LogP contribution in [0.3, 0.4) is 0 Å². The molecule has 1 amide bonds. The minimum atomic E-state index is -0.108. The highest BCUT2D eigenvalue weighted by Gasteiger charge is 2.23. The Kier molecular flexibility index (Phi) is 6.81. The van der Waals surface area contributed by atoms with E-state index in [9.17, 15) is 4.79 Å². The van der Waals surface area contributed by atoms with Gasteiger partial charge in [-0.05, 0) is 32.0 Å². The second-order valence-electron chi connectivity index (χ2n) is 4.41. The summed E-state index contributed by atoms with van der Waals surface area (Å²) >= 11 is 0. The number of carbonyl (C=O) groups excluding carboxylic acids is 1. The van der Waals surface area contributed by atoms with Gasteiger partial charge in [-0.15, -0.1) is 0 Å². The third-order valence-electron chi connectivity index (χ3n) is 3.24. The van der Waals surface area contributed by atoms with Crippen molar-refractivity contribution in [3.8, 4) is 17.2 Å². The first-order valence-electron chi connectivity index (χ1n) is 6.92. The van der Waals surface area contributed by atoms with E-state index < -0.39 is 0 Å². The lowest BCUT2D eigenvalue weighted by Gasteiger charge is -2.23. The van der Waals surface area contributed by atoms with Crippen LogP contribution in [-0.2, 0) is 0 Å². The predicted octanol–water partition coefficient (Wildman–Crippen LogP) is 1.52. The van der Waals surface area contributed by atoms with Gasteiger partial charge in [0.2, 0.25) is 5.75 Å². The zero-order chi connectivity index (χ0) is 15.8. The van der Waals surface area contributed by atoms with Gasteiger partial charge in [0.1, 0.15) is 0 Å². The minimum absolute atomic E-state index is 0.108. The van der Waals surface area contributed by atoms with Crippen LogP contribution in [0.25, 0.3) is 0 Å². The van der Waals surface area contributed by atoms with Gasteiger partial charge in [-0.1, -0.05) is 0 Å². The molecule has 2 N–H and O–H groups in total. The summed E-state index contributed by atoms with van der Waals surface area (Å²) in [6.07, 6.45) is 0.759. The summed E-state index contributed by atoms with van der Waals surface area (Å²) in [6, 6.07) is 3.39. The number of rotatable bonds is 8. The summed E-state index contributed by atoms with van der Waals surface area (Å²) in [4.78, 5) is 14.4. The molecule has 1 aromatic rings. The molecule has 0 bridgehead atoms. The Balaban J connectivity index is 3.19. The third kappa shape index (κ3) is 3.78. The number of ether oxygens (including phenoxy) is 3. The molecule has 6 heteroatoms. The highest BCUT2D eigenvalue weighted by atomic mass is 16.5. The maximum Gasteiger partial charge on any atom is 0.257 e. The SMILES string of the molecule is CCN(CCCN)C(=O)c1ccc(OC)c(OC)c1OC. The number of hydrogen-bond donors (Lipinski definition) is 1. The molecule has 0 atom stereocenters. The predicted molar refractivity (Wildman–Crippen MR) is 81.3 cm³/mol. The number of hydrogen-bond acceptors (Lipinski definition) is 5. The fraction of sp³-hybridized carbons (Fsp3) is 0.533. The average molecular weight is 296 g/mol. The molecule has 0 fully saturated rings. The first-order valence-corrected chi connectivity index (χ1v) is 6.92. The van der Waals surface area contributed by atoms with E-state index in [4.69, 9.17) is 19.9 Å². The van der Waals surface area contributed by atoms with Crippen molar-refractivity contribution >= 4 is 5.91 Å². The smallest absolute Gasteiger partial charge is 0.257 e. The van der Waals surface area contributed by atoms with Gasteiger partial charge in [0, 0.05) is 13.1 Å². The molecule has 0 aliphatic heterocycles. The average Bonchev–Trinajstić information content (AvgIpc) is 2.53. The summed E-state index contributed by atoms with van der Waals surface area (Å²) in [6.45, 7) is 3.70. The Hall–Kier alpha value is -1.95. The van der Waals surface area contributed by atoms with Crippen molar-refractivity contribution in [1.82, 2.24) is 4.90 Å². The molecule has 0 saturated carbocycles. The molecule has 0 aliphatic rings. The van der Waals surface area contributed by atoms with E-state index in [1.165, 1.54) is 14.2 Å². The largest absolute Gasteiger partial charge is 0.493 e. The minimum Gasteiger partial charge on any atom is -0.493 e. The van der Waals surface area contributed by atoms with Crippen molar-refractivity contribution < 1.29 is 19.0 Å². The first-order chi connectivity index (χ1) is 10.1.